The van der Waals surface area contributed by atoms with Crippen LogP contribution in [0.3, 0.4) is 0 Å². The predicted octanol–water partition coefficient (Wildman–Crippen LogP) is 1.01. The molecular weight excluding hydrogens is 156 g/mol. The third-order valence-electron chi connectivity index (χ3n) is 2.12. The maximum Gasteiger partial charge on any atom is 0.159 e. The molecule has 0 spiro atoms. The van der Waals surface area contributed by atoms with Crippen LogP contribution in [0.25, 0.3) is 0 Å². The van der Waals surface area contributed by atoms with E-state index >= 15 is 0 Å². The lowest BCUT2D eigenvalue weighted by atomic mass is 9.93. The van der Waals surface area contributed by atoms with Crippen molar-refractivity contribution in [1.29, 1.82) is 0 Å². The van der Waals surface area contributed by atoms with Gasteiger partial charge in [-0.2, -0.15) is 0 Å². The highest BCUT2D eigenvalue weighted by Crippen LogP contribution is 2.25. The van der Waals surface area contributed by atoms with Gasteiger partial charge in [-0.1, -0.05) is 20.8 Å². The van der Waals surface area contributed by atoms with E-state index in [4.69, 9.17) is 14.6 Å². The highest BCUT2D eigenvalue weighted by atomic mass is 16.7. The molecule has 0 unspecified atom stereocenters. The van der Waals surface area contributed by atoms with Crippen LogP contribution in [0.2, 0.25) is 0 Å². The number of aliphatic hydroxyl groups is 1. The Bertz CT molecular complexity index is 137. The highest BCUT2D eigenvalue weighted by Gasteiger charge is 2.33. The van der Waals surface area contributed by atoms with E-state index in [0.717, 1.165) is 0 Å². The Labute approximate surface area is 73.7 Å². The average molecular weight is 174 g/mol. The summed E-state index contributed by atoms with van der Waals surface area (Å²) in [5.74, 6) is 0.383. The molecule has 0 radical (unpaired) electrons. The number of aliphatic hydroxyl groups excluding tert-OH is 1. The normalized spacial score (nSPS) is 37.2. The van der Waals surface area contributed by atoms with Crippen LogP contribution >= 0.6 is 0 Å². The molecule has 1 aliphatic rings. The van der Waals surface area contributed by atoms with Crippen molar-refractivity contribution in [2.45, 2.75) is 27.1 Å². The third kappa shape index (κ3) is 2.19. The molecule has 12 heavy (non-hydrogen) atoms. The van der Waals surface area contributed by atoms with Crippen LogP contribution in [0.4, 0.5) is 0 Å². The van der Waals surface area contributed by atoms with Crippen molar-refractivity contribution in [1.82, 2.24) is 0 Å². The number of hydrogen-bond donors (Lipinski definition) is 1. The summed E-state index contributed by atoms with van der Waals surface area (Å²) in [5.41, 5.74) is -0.203. The van der Waals surface area contributed by atoms with E-state index in [1.54, 1.807) is 0 Å². The van der Waals surface area contributed by atoms with Gasteiger partial charge in [0.05, 0.1) is 19.8 Å². The topological polar surface area (TPSA) is 38.7 Å². The van der Waals surface area contributed by atoms with E-state index in [1.165, 1.54) is 0 Å². The van der Waals surface area contributed by atoms with Gasteiger partial charge in [0.15, 0.2) is 6.29 Å². The molecule has 3 heteroatoms. The molecule has 0 amide bonds. The molecular formula is C9H18O3. The first kappa shape index (κ1) is 9.96. The van der Waals surface area contributed by atoms with Crippen molar-refractivity contribution in [3.05, 3.63) is 0 Å². The molecule has 1 fully saturated rings. The summed E-state index contributed by atoms with van der Waals surface area (Å²) in [6.07, 6.45) is -0.0929. The first-order chi connectivity index (χ1) is 5.57. The van der Waals surface area contributed by atoms with E-state index in [-0.39, 0.29) is 18.3 Å². The maximum absolute atomic E-state index is 9.02. The third-order valence-corrected chi connectivity index (χ3v) is 2.12. The first-order valence-corrected chi connectivity index (χ1v) is 4.41. The van der Waals surface area contributed by atoms with Crippen LogP contribution in [0.15, 0.2) is 0 Å². The number of ether oxygens (including phenoxy) is 2. The molecule has 1 rings (SSSR count). The zero-order valence-electron chi connectivity index (χ0n) is 8.04. The van der Waals surface area contributed by atoms with Gasteiger partial charge in [0.25, 0.3) is 0 Å². The Balaban J connectivity index is 2.39. The monoisotopic (exact) mass is 174 g/mol. The molecule has 0 aromatic carbocycles. The summed E-state index contributed by atoms with van der Waals surface area (Å²) in [6, 6.07) is 0. The SMILES string of the molecule is CC(C)C1OCC(C)(CO)CO1. The predicted molar refractivity (Wildman–Crippen MR) is 45.7 cm³/mol. The van der Waals surface area contributed by atoms with Crippen LogP contribution in [0, 0.1) is 11.3 Å². The highest BCUT2D eigenvalue weighted by molar-refractivity contribution is 4.76. The van der Waals surface area contributed by atoms with Crippen LogP contribution in [0.5, 0.6) is 0 Å². The molecule has 72 valence electrons. The molecule has 1 aliphatic heterocycles. The van der Waals surface area contributed by atoms with Gasteiger partial charge in [0.1, 0.15) is 0 Å². The lowest BCUT2D eigenvalue weighted by molar-refractivity contribution is -0.247. The van der Waals surface area contributed by atoms with Crippen molar-refractivity contribution in [3.8, 4) is 0 Å². The van der Waals surface area contributed by atoms with Crippen molar-refractivity contribution >= 4 is 0 Å². The van der Waals surface area contributed by atoms with Crippen molar-refractivity contribution < 1.29 is 14.6 Å². The van der Waals surface area contributed by atoms with Crippen LogP contribution < -0.4 is 0 Å². The molecule has 3 nitrogen and oxygen atoms in total. The molecule has 1 saturated heterocycles. The molecule has 0 bridgehead atoms. The summed E-state index contributed by atoms with van der Waals surface area (Å²) in [6.45, 7) is 7.39. The summed E-state index contributed by atoms with van der Waals surface area (Å²) < 4.78 is 10.9. The van der Waals surface area contributed by atoms with Crippen LogP contribution in [-0.2, 0) is 9.47 Å². The summed E-state index contributed by atoms with van der Waals surface area (Å²) in [7, 11) is 0. The standard InChI is InChI=1S/C9H18O3/c1-7(2)8-11-5-9(3,4-10)6-12-8/h7-8,10H,4-6H2,1-3H3. The molecule has 0 aromatic rings. The second kappa shape index (κ2) is 3.73. The second-order valence-electron chi connectivity index (χ2n) is 4.20. The number of rotatable bonds is 2. The largest absolute Gasteiger partial charge is 0.396 e. The van der Waals surface area contributed by atoms with Crippen molar-refractivity contribution in [2.24, 2.45) is 11.3 Å². The second-order valence-corrected chi connectivity index (χ2v) is 4.20. The smallest absolute Gasteiger partial charge is 0.159 e. The zero-order chi connectivity index (χ0) is 9.19. The fraction of sp³-hybridized carbons (Fsp3) is 1.00. The van der Waals surface area contributed by atoms with E-state index in [0.29, 0.717) is 19.1 Å². The minimum absolute atomic E-state index is 0.0929. The van der Waals surface area contributed by atoms with E-state index in [1.807, 2.05) is 6.92 Å². The van der Waals surface area contributed by atoms with Gasteiger partial charge in [-0.15, -0.1) is 0 Å². The molecule has 0 aromatic heterocycles. The lowest BCUT2D eigenvalue weighted by Gasteiger charge is -2.37. The Morgan fingerprint density at radius 2 is 1.92 bits per heavy atom. The maximum atomic E-state index is 9.02. The Morgan fingerprint density at radius 1 is 1.42 bits per heavy atom. The average Bonchev–Trinajstić information content (AvgIpc) is 2.05. The molecule has 1 N–H and O–H groups in total. The Kier molecular flexibility index (Phi) is 3.09. The Morgan fingerprint density at radius 3 is 2.25 bits per heavy atom. The fourth-order valence-corrected chi connectivity index (χ4v) is 1.13. The lowest BCUT2D eigenvalue weighted by Crippen LogP contribution is -2.43. The van der Waals surface area contributed by atoms with Gasteiger partial charge in [0.2, 0.25) is 0 Å². The number of hydrogen-bond acceptors (Lipinski definition) is 3. The van der Waals surface area contributed by atoms with Gasteiger partial charge < -0.3 is 14.6 Å². The van der Waals surface area contributed by atoms with Gasteiger partial charge >= 0.3 is 0 Å². The molecule has 0 atom stereocenters. The van der Waals surface area contributed by atoms with E-state index in [2.05, 4.69) is 13.8 Å². The van der Waals surface area contributed by atoms with E-state index < -0.39 is 0 Å². The molecule has 0 saturated carbocycles. The Hall–Kier alpha value is -0.120. The van der Waals surface area contributed by atoms with E-state index in [9.17, 15) is 0 Å². The minimum Gasteiger partial charge on any atom is -0.396 e. The quantitative estimate of drug-likeness (QED) is 0.679. The summed E-state index contributed by atoms with van der Waals surface area (Å²) in [4.78, 5) is 0. The van der Waals surface area contributed by atoms with Gasteiger partial charge in [0, 0.05) is 11.3 Å². The van der Waals surface area contributed by atoms with Crippen molar-refractivity contribution in [2.75, 3.05) is 19.8 Å². The summed E-state index contributed by atoms with van der Waals surface area (Å²) in [5, 5.41) is 9.02. The van der Waals surface area contributed by atoms with Crippen molar-refractivity contribution in [3.63, 3.8) is 0 Å². The van der Waals surface area contributed by atoms with Crippen LogP contribution in [0.1, 0.15) is 20.8 Å². The van der Waals surface area contributed by atoms with Gasteiger partial charge in [-0.25, -0.2) is 0 Å². The summed E-state index contributed by atoms with van der Waals surface area (Å²) >= 11 is 0. The van der Waals surface area contributed by atoms with Crippen LogP contribution in [-0.4, -0.2) is 31.2 Å². The first-order valence-electron chi connectivity index (χ1n) is 4.41. The fourth-order valence-electron chi connectivity index (χ4n) is 1.13. The molecule has 0 aliphatic carbocycles. The molecule has 1 heterocycles. The van der Waals surface area contributed by atoms with Gasteiger partial charge in [-0.3, -0.25) is 0 Å². The minimum atomic E-state index is -0.203. The van der Waals surface area contributed by atoms with Gasteiger partial charge in [-0.05, 0) is 0 Å². The zero-order valence-corrected chi connectivity index (χ0v) is 8.04.